The maximum atomic E-state index is 5.43. The quantitative estimate of drug-likeness (QED) is 0.538. The highest BCUT2D eigenvalue weighted by molar-refractivity contribution is 5.39. The van der Waals surface area contributed by atoms with Gasteiger partial charge in [-0.2, -0.15) is 0 Å². The van der Waals surface area contributed by atoms with E-state index in [1.807, 2.05) is 0 Å². The SMILES string of the molecule is Cc1cc(C)c([C@@H](C)NN)c(C)c1. The van der Waals surface area contributed by atoms with Crippen LogP contribution in [0.15, 0.2) is 12.1 Å². The molecule has 1 atom stereocenters. The molecule has 3 N–H and O–H groups in total. The Balaban J connectivity index is 3.20. The molecule has 0 aliphatic rings. The molecule has 13 heavy (non-hydrogen) atoms. The lowest BCUT2D eigenvalue weighted by Crippen LogP contribution is -2.26. The van der Waals surface area contributed by atoms with Crippen molar-refractivity contribution in [3.8, 4) is 0 Å². The summed E-state index contributed by atoms with van der Waals surface area (Å²) < 4.78 is 0. The number of benzene rings is 1. The molecule has 2 nitrogen and oxygen atoms in total. The maximum Gasteiger partial charge on any atom is 0.0437 e. The lowest BCUT2D eigenvalue weighted by atomic mass is 9.95. The van der Waals surface area contributed by atoms with Crippen molar-refractivity contribution in [2.24, 2.45) is 5.84 Å². The fraction of sp³-hybridized carbons (Fsp3) is 0.455. The summed E-state index contributed by atoms with van der Waals surface area (Å²) >= 11 is 0. The normalized spacial score (nSPS) is 13.0. The Hall–Kier alpha value is -0.860. The summed E-state index contributed by atoms with van der Waals surface area (Å²) in [6.45, 7) is 8.45. The van der Waals surface area contributed by atoms with Crippen LogP contribution >= 0.6 is 0 Å². The van der Waals surface area contributed by atoms with E-state index in [0.717, 1.165) is 0 Å². The number of hydrazine groups is 1. The van der Waals surface area contributed by atoms with Crippen LogP contribution in [0.3, 0.4) is 0 Å². The van der Waals surface area contributed by atoms with Gasteiger partial charge in [0.25, 0.3) is 0 Å². The van der Waals surface area contributed by atoms with E-state index in [1.165, 1.54) is 22.3 Å². The summed E-state index contributed by atoms with van der Waals surface area (Å²) in [6.07, 6.45) is 0. The van der Waals surface area contributed by atoms with Crippen LogP contribution in [-0.2, 0) is 0 Å². The van der Waals surface area contributed by atoms with Crippen molar-refractivity contribution in [1.29, 1.82) is 0 Å². The van der Waals surface area contributed by atoms with Crippen LogP contribution in [0.25, 0.3) is 0 Å². The molecule has 0 amide bonds. The molecule has 0 aromatic heterocycles. The van der Waals surface area contributed by atoms with E-state index in [-0.39, 0.29) is 6.04 Å². The predicted octanol–water partition coefficient (Wildman–Crippen LogP) is 2.14. The largest absolute Gasteiger partial charge is 0.271 e. The van der Waals surface area contributed by atoms with Gasteiger partial charge >= 0.3 is 0 Å². The van der Waals surface area contributed by atoms with E-state index >= 15 is 0 Å². The number of hydrogen-bond acceptors (Lipinski definition) is 2. The summed E-state index contributed by atoms with van der Waals surface area (Å²) in [4.78, 5) is 0. The maximum absolute atomic E-state index is 5.43. The van der Waals surface area contributed by atoms with Gasteiger partial charge in [-0.05, 0) is 44.4 Å². The monoisotopic (exact) mass is 178 g/mol. The number of nitrogens with one attached hydrogen (secondary N) is 1. The molecule has 0 aliphatic carbocycles. The first-order valence-corrected chi connectivity index (χ1v) is 4.60. The zero-order valence-electron chi connectivity index (χ0n) is 8.81. The third kappa shape index (κ3) is 2.08. The number of nitrogens with two attached hydrogens (primary N) is 1. The zero-order valence-corrected chi connectivity index (χ0v) is 8.81. The van der Waals surface area contributed by atoms with Gasteiger partial charge < -0.3 is 0 Å². The van der Waals surface area contributed by atoms with Gasteiger partial charge in [0.15, 0.2) is 0 Å². The van der Waals surface area contributed by atoms with Gasteiger partial charge in [-0.3, -0.25) is 11.3 Å². The van der Waals surface area contributed by atoms with E-state index in [4.69, 9.17) is 5.84 Å². The van der Waals surface area contributed by atoms with Crippen molar-refractivity contribution in [2.75, 3.05) is 0 Å². The molecule has 0 bridgehead atoms. The zero-order chi connectivity index (χ0) is 10.0. The third-order valence-electron chi connectivity index (χ3n) is 2.42. The average Bonchev–Trinajstić information content (AvgIpc) is 2.02. The van der Waals surface area contributed by atoms with E-state index in [0.29, 0.717) is 0 Å². The lowest BCUT2D eigenvalue weighted by Gasteiger charge is -2.17. The predicted molar refractivity (Wildman–Crippen MR) is 56.4 cm³/mol. The van der Waals surface area contributed by atoms with E-state index in [9.17, 15) is 0 Å². The van der Waals surface area contributed by atoms with Crippen LogP contribution in [0, 0.1) is 20.8 Å². The van der Waals surface area contributed by atoms with Crippen molar-refractivity contribution < 1.29 is 0 Å². The number of hydrogen-bond donors (Lipinski definition) is 2. The van der Waals surface area contributed by atoms with Crippen LogP contribution in [0.2, 0.25) is 0 Å². The van der Waals surface area contributed by atoms with Gasteiger partial charge in [0, 0.05) is 6.04 Å². The minimum atomic E-state index is 0.223. The van der Waals surface area contributed by atoms with Crippen molar-refractivity contribution >= 4 is 0 Å². The Kier molecular flexibility index (Phi) is 3.07. The van der Waals surface area contributed by atoms with Crippen molar-refractivity contribution in [1.82, 2.24) is 5.43 Å². The minimum absolute atomic E-state index is 0.223. The van der Waals surface area contributed by atoms with Gasteiger partial charge in [-0.15, -0.1) is 0 Å². The highest BCUT2D eigenvalue weighted by Crippen LogP contribution is 2.22. The minimum Gasteiger partial charge on any atom is -0.271 e. The molecule has 0 aliphatic heterocycles. The second-order valence-electron chi connectivity index (χ2n) is 3.70. The summed E-state index contributed by atoms with van der Waals surface area (Å²) in [7, 11) is 0. The van der Waals surface area contributed by atoms with Gasteiger partial charge in [-0.25, -0.2) is 0 Å². The molecule has 0 unspecified atom stereocenters. The molecule has 2 heteroatoms. The molecule has 0 saturated heterocycles. The highest BCUT2D eigenvalue weighted by Gasteiger charge is 2.09. The molecule has 72 valence electrons. The Morgan fingerprint density at radius 3 is 2.00 bits per heavy atom. The second kappa shape index (κ2) is 3.90. The fourth-order valence-electron chi connectivity index (χ4n) is 1.96. The van der Waals surface area contributed by atoms with Crippen molar-refractivity contribution in [2.45, 2.75) is 33.7 Å². The molecular formula is C11H18N2. The van der Waals surface area contributed by atoms with Crippen molar-refractivity contribution in [3.05, 3.63) is 34.4 Å². The van der Waals surface area contributed by atoms with Gasteiger partial charge in [0.2, 0.25) is 0 Å². The lowest BCUT2D eigenvalue weighted by molar-refractivity contribution is 0.596. The fourth-order valence-corrected chi connectivity index (χ4v) is 1.96. The van der Waals surface area contributed by atoms with Gasteiger partial charge in [-0.1, -0.05) is 17.7 Å². The topological polar surface area (TPSA) is 38.0 Å². The molecule has 0 heterocycles. The van der Waals surface area contributed by atoms with Gasteiger partial charge in [0.1, 0.15) is 0 Å². The molecule has 0 saturated carbocycles. The summed E-state index contributed by atoms with van der Waals surface area (Å²) in [6, 6.07) is 4.60. The number of rotatable bonds is 2. The standard InChI is InChI=1S/C11H18N2/c1-7-5-8(2)11(9(3)6-7)10(4)13-12/h5-6,10,13H,12H2,1-4H3/t10-/m1/s1. The number of aryl methyl sites for hydroxylation is 3. The first-order valence-electron chi connectivity index (χ1n) is 4.60. The smallest absolute Gasteiger partial charge is 0.0437 e. The van der Waals surface area contributed by atoms with Crippen LogP contribution in [0.4, 0.5) is 0 Å². The summed E-state index contributed by atoms with van der Waals surface area (Å²) in [5, 5.41) is 0. The highest BCUT2D eigenvalue weighted by atomic mass is 15.2. The molecule has 1 rings (SSSR count). The summed E-state index contributed by atoms with van der Waals surface area (Å²) in [5.41, 5.74) is 8.02. The summed E-state index contributed by atoms with van der Waals surface area (Å²) in [5.74, 6) is 5.43. The molecule has 0 radical (unpaired) electrons. The molecule has 1 aromatic rings. The van der Waals surface area contributed by atoms with E-state index in [2.05, 4.69) is 45.3 Å². The van der Waals surface area contributed by atoms with E-state index < -0.39 is 0 Å². The Morgan fingerprint density at radius 1 is 1.15 bits per heavy atom. The molecule has 1 aromatic carbocycles. The molecule has 0 fully saturated rings. The molecule has 0 spiro atoms. The van der Waals surface area contributed by atoms with Crippen LogP contribution in [-0.4, -0.2) is 0 Å². The third-order valence-corrected chi connectivity index (χ3v) is 2.42. The Bertz CT molecular complexity index is 282. The first-order chi connectivity index (χ1) is 6.06. The Labute approximate surface area is 80.1 Å². The van der Waals surface area contributed by atoms with E-state index in [1.54, 1.807) is 0 Å². The van der Waals surface area contributed by atoms with Gasteiger partial charge in [0.05, 0.1) is 0 Å². The second-order valence-corrected chi connectivity index (χ2v) is 3.70. The first kappa shape index (κ1) is 10.2. The van der Waals surface area contributed by atoms with Crippen molar-refractivity contribution in [3.63, 3.8) is 0 Å². The molecular weight excluding hydrogens is 160 g/mol. The van der Waals surface area contributed by atoms with Crippen LogP contribution in [0.1, 0.15) is 35.2 Å². The van der Waals surface area contributed by atoms with Crippen LogP contribution in [0.5, 0.6) is 0 Å². The average molecular weight is 178 g/mol. The Morgan fingerprint density at radius 2 is 1.62 bits per heavy atom. The van der Waals surface area contributed by atoms with Crippen LogP contribution < -0.4 is 11.3 Å².